The number of hydrogen-bond donors (Lipinski definition) is 1. The van der Waals surface area contributed by atoms with Crippen LogP contribution < -0.4 is 10.6 Å². The molecule has 0 aliphatic carbocycles. The van der Waals surface area contributed by atoms with Gasteiger partial charge in [-0.25, -0.2) is 0 Å². The molecule has 0 bridgehead atoms. The molecule has 1 aromatic heterocycles. The van der Waals surface area contributed by atoms with E-state index in [-0.39, 0.29) is 11.7 Å². The van der Waals surface area contributed by atoms with E-state index in [2.05, 4.69) is 11.1 Å². The number of carbonyl (C=O) groups is 1. The summed E-state index contributed by atoms with van der Waals surface area (Å²) in [5, 5.41) is 0. The molecule has 2 heterocycles. The van der Waals surface area contributed by atoms with Crippen LogP contribution >= 0.6 is 0 Å². The Bertz CT molecular complexity index is 638. The van der Waals surface area contributed by atoms with Crippen molar-refractivity contribution in [2.45, 2.75) is 18.9 Å². The second-order valence-electron chi connectivity index (χ2n) is 4.87. The third kappa shape index (κ3) is 2.22. The zero-order chi connectivity index (χ0) is 14.1. The molecular formula is C14H16N3O3. The van der Waals surface area contributed by atoms with Gasteiger partial charge in [0.15, 0.2) is 5.58 Å². The number of oxazole rings is 1. The minimum absolute atomic E-state index is 0.181. The average molecular weight is 274 g/mol. The molecule has 2 aromatic rings. The summed E-state index contributed by atoms with van der Waals surface area (Å²) in [4.78, 5) is 17.8. The van der Waals surface area contributed by atoms with Gasteiger partial charge in [0.25, 0.3) is 11.9 Å². The van der Waals surface area contributed by atoms with Gasteiger partial charge in [-0.1, -0.05) is 0 Å². The number of piperidine rings is 1. The molecule has 3 rings (SSSR count). The molecule has 1 unspecified atom stereocenters. The number of rotatable bonds is 3. The highest BCUT2D eigenvalue weighted by atomic mass is 16.5. The Kier molecular flexibility index (Phi) is 3.31. The van der Waals surface area contributed by atoms with Gasteiger partial charge in [-0.3, -0.25) is 4.79 Å². The summed E-state index contributed by atoms with van der Waals surface area (Å²) in [5.41, 5.74) is 6.60. The average Bonchev–Trinajstić information content (AvgIpc) is 2.91. The molecule has 1 aromatic carbocycles. The number of nitrogens with zero attached hydrogens (tertiary/aromatic N) is 2. The molecule has 2 N–H and O–H groups in total. The number of primary amides is 1. The van der Waals surface area contributed by atoms with Crippen LogP contribution in [0.1, 0.15) is 23.2 Å². The maximum Gasteiger partial charge on any atom is 0.298 e. The zero-order valence-electron chi connectivity index (χ0n) is 11.3. The largest absolute Gasteiger partial charge is 0.423 e. The third-order valence-electron chi connectivity index (χ3n) is 3.57. The van der Waals surface area contributed by atoms with E-state index in [0.717, 1.165) is 25.9 Å². The third-order valence-corrected chi connectivity index (χ3v) is 3.57. The van der Waals surface area contributed by atoms with Crippen LogP contribution in [0.2, 0.25) is 0 Å². The van der Waals surface area contributed by atoms with Gasteiger partial charge in [-0.2, -0.15) is 4.98 Å². The van der Waals surface area contributed by atoms with Crippen LogP contribution in [0.4, 0.5) is 6.01 Å². The van der Waals surface area contributed by atoms with Crippen LogP contribution in [-0.4, -0.2) is 37.2 Å². The number of benzene rings is 1. The number of amides is 1. The number of hydrogen-bond acceptors (Lipinski definition) is 5. The topological polar surface area (TPSA) is 81.6 Å². The van der Waals surface area contributed by atoms with Gasteiger partial charge in [0.1, 0.15) is 5.52 Å². The molecule has 0 spiro atoms. The molecule has 1 radical (unpaired) electrons. The Morgan fingerprint density at radius 1 is 1.65 bits per heavy atom. The fraction of sp³-hybridized carbons (Fsp3) is 0.429. The van der Waals surface area contributed by atoms with Crippen molar-refractivity contribution in [1.29, 1.82) is 0 Å². The monoisotopic (exact) mass is 274 g/mol. The highest BCUT2D eigenvalue weighted by Gasteiger charge is 2.24. The van der Waals surface area contributed by atoms with E-state index in [4.69, 9.17) is 14.9 Å². The molecule has 6 heteroatoms. The summed E-state index contributed by atoms with van der Waals surface area (Å²) in [6.07, 6.45) is 2.24. The Hall–Kier alpha value is -2.08. The van der Waals surface area contributed by atoms with Crippen molar-refractivity contribution in [1.82, 2.24) is 4.98 Å². The molecule has 20 heavy (non-hydrogen) atoms. The quantitative estimate of drug-likeness (QED) is 0.913. The first-order chi connectivity index (χ1) is 9.69. The first-order valence-electron chi connectivity index (χ1n) is 6.58. The summed E-state index contributed by atoms with van der Waals surface area (Å²) in [5.74, 6) is -0.552. The van der Waals surface area contributed by atoms with Crippen LogP contribution in [0.15, 0.2) is 16.5 Å². The van der Waals surface area contributed by atoms with Gasteiger partial charge in [0.2, 0.25) is 0 Å². The number of carbonyl (C=O) groups excluding carboxylic acids is 1. The molecule has 1 amide bonds. The fourth-order valence-electron chi connectivity index (χ4n) is 2.51. The summed E-state index contributed by atoms with van der Waals surface area (Å²) in [6.45, 7) is 1.60. The van der Waals surface area contributed by atoms with Crippen LogP contribution in [0.5, 0.6) is 0 Å². The molecule has 1 fully saturated rings. The Labute approximate surface area is 116 Å². The molecule has 6 nitrogen and oxygen atoms in total. The first-order valence-corrected chi connectivity index (χ1v) is 6.58. The highest BCUT2D eigenvalue weighted by molar-refractivity contribution is 6.03. The standard InChI is InChI=1S/C14H16N3O3/c1-19-9-4-3-7-17(8-9)14-16-12-10(13(15)18)5-2-6-11(12)20-14/h2,6,9H,3-4,7-8H2,1H3,(H2,15,18). The normalized spacial score (nSPS) is 19.4. The van der Waals surface area contributed by atoms with Crippen molar-refractivity contribution < 1.29 is 13.9 Å². The van der Waals surface area contributed by atoms with E-state index in [1.54, 1.807) is 19.2 Å². The summed E-state index contributed by atoms with van der Waals surface area (Å²) in [6, 6.07) is 6.66. The second kappa shape index (κ2) is 5.13. The number of fused-ring (bicyclic) bond motifs is 1. The van der Waals surface area contributed by atoms with E-state index < -0.39 is 5.91 Å². The van der Waals surface area contributed by atoms with Crippen molar-refractivity contribution in [3.05, 3.63) is 23.8 Å². The smallest absolute Gasteiger partial charge is 0.298 e. The van der Waals surface area contributed by atoms with Crippen molar-refractivity contribution in [3.63, 3.8) is 0 Å². The molecule has 105 valence electrons. The fourth-order valence-corrected chi connectivity index (χ4v) is 2.51. The maximum atomic E-state index is 11.4. The first kappa shape index (κ1) is 12.9. The predicted molar refractivity (Wildman–Crippen MR) is 73.6 cm³/mol. The number of nitrogens with two attached hydrogens (primary N) is 1. The van der Waals surface area contributed by atoms with E-state index in [1.165, 1.54) is 0 Å². The van der Waals surface area contributed by atoms with Crippen molar-refractivity contribution in [2.75, 3.05) is 25.1 Å². The van der Waals surface area contributed by atoms with E-state index in [1.807, 2.05) is 4.90 Å². The van der Waals surface area contributed by atoms with Gasteiger partial charge in [0.05, 0.1) is 11.7 Å². The Morgan fingerprint density at radius 3 is 3.25 bits per heavy atom. The van der Waals surface area contributed by atoms with Crippen LogP contribution in [0.3, 0.4) is 0 Å². The summed E-state index contributed by atoms with van der Waals surface area (Å²) < 4.78 is 11.1. The van der Waals surface area contributed by atoms with Gasteiger partial charge in [-0.05, 0) is 31.0 Å². The molecule has 1 atom stereocenters. The van der Waals surface area contributed by atoms with E-state index in [9.17, 15) is 4.79 Å². The zero-order valence-corrected chi connectivity index (χ0v) is 11.3. The summed E-state index contributed by atoms with van der Waals surface area (Å²) >= 11 is 0. The lowest BCUT2D eigenvalue weighted by Gasteiger charge is -2.30. The van der Waals surface area contributed by atoms with Gasteiger partial charge in [-0.15, -0.1) is 0 Å². The van der Waals surface area contributed by atoms with Crippen molar-refractivity contribution >= 4 is 23.0 Å². The number of anilines is 1. The summed E-state index contributed by atoms with van der Waals surface area (Å²) in [7, 11) is 1.71. The number of aromatic nitrogens is 1. The molecular weight excluding hydrogens is 258 g/mol. The number of methoxy groups -OCH3 is 1. The SMILES string of the molecule is COC1CCCN(c2nc3c(C(N)=O)[c]ccc3o2)C1. The van der Waals surface area contributed by atoms with Crippen LogP contribution in [0, 0.1) is 6.07 Å². The molecule has 1 saturated heterocycles. The van der Waals surface area contributed by atoms with Gasteiger partial charge >= 0.3 is 0 Å². The Morgan fingerprint density at radius 2 is 2.50 bits per heavy atom. The van der Waals surface area contributed by atoms with E-state index in [0.29, 0.717) is 17.1 Å². The minimum atomic E-state index is -0.552. The van der Waals surface area contributed by atoms with Gasteiger partial charge in [0, 0.05) is 20.2 Å². The van der Waals surface area contributed by atoms with Crippen molar-refractivity contribution in [2.24, 2.45) is 5.73 Å². The maximum absolute atomic E-state index is 11.4. The highest BCUT2D eigenvalue weighted by Crippen LogP contribution is 2.26. The molecule has 1 aliphatic rings. The minimum Gasteiger partial charge on any atom is -0.423 e. The lowest BCUT2D eigenvalue weighted by molar-refractivity contribution is 0.0880. The second-order valence-corrected chi connectivity index (χ2v) is 4.87. The molecule has 0 saturated carbocycles. The van der Waals surface area contributed by atoms with Gasteiger partial charge < -0.3 is 19.8 Å². The van der Waals surface area contributed by atoms with E-state index >= 15 is 0 Å². The van der Waals surface area contributed by atoms with Crippen LogP contribution in [0.25, 0.3) is 11.1 Å². The van der Waals surface area contributed by atoms with Crippen molar-refractivity contribution in [3.8, 4) is 0 Å². The Balaban J connectivity index is 1.96. The van der Waals surface area contributed by atoms with Crippen LogP contribution in [-0.2, 0) is 4.74 Å². The lowest BCUT2D eigenvalue weighted by atomic mass is 10.1. The number of ether oxygens (including phenoxy) is 1. The molecule has 1 aliphatic heterocycles. The predicted octanol–water partition coefficient (Wildman–Crippen LogP) is 1.34. The lowest BCUT2D eigenvalue weighted by Crippen LogP contribution is -2.39.